The van der Waals surface area contributed by atoms with Crippen LogP contribution in [0.15, 0.2) is 22.7 Å². The van der Waals surface area contributed by atoms with Gasteiger partial charge in [0.1, 0.15) is 9.84 Å². The van der Waals surface area contributed by atoms with Gasteiger partial charge in [-0.25, -0.2) is 8.42 Å². The highest BCUT2D eigenvalue weighted by atomic mass is 79.9. The summed E-state index contributed by atoms with van der Waals surface area (Å²) in [6, 6.07) is 6.00. The van der Waals surface area contributed by atoms with E-state index in [1.807, 2.05) is 25.1 Å². The van der Waals surface area contributed by atoms with Crippen molar-refractivity contribution >= 4 is 31.5 Å². The minimum Gasteiger partial charge on any atom is -0.385 e. The third-order valence-corrected chi connectivity index (χ3v) is 5.24. The van der Waals surface area contributed by atoms with Crippen LogP contribution in [0.1, 0.15) is 18.9 Å². The highest BCUT2D eigenvalue weighted by Crippen LogP contribution is 2.19. The molecule has 5 heteroatoms. The summed E-state index contributed by atoms with van der Waals surface area (Å²) in [4.78, 5) is 0. The van der Waals surface area contributed by atoms with E-state index in [-0.39, 0.29) is 11.5 Å². The van der Waals surface area contributed by atoms with Crippen molar-refractivity contribution in [2.75, 3.05) is 23.4 Å². The van der Waals surface area contributed by atoms with E-state index in [9.17, 15) is 8.42 Å². The van der Waals surface area contributed by atoms with Crippen LogP contribution in [-0.2, 0) is 9.84 Å². The molecule has 0 radical (unpaired) electrons. The monoisotopic (exact) mass is 319 g/mol. The van der Waals surface area contributed by atoms with Gasteiger partial charge in [-0.3, -0.25) is 0 Å². The molecule has 0 spiro atoms. The van der Waals surface area contributed by atoms with Gasteiger partial charge < -0.3 is 5.32 Å². The van der Waals surface area contributed by atoms with E-state index in [0.29, 0.717) is 13.0 Å². The molecule has 0 saturated carbocycles. The molecule has 0 amide bonds. The van der Waals surface area contributed by atoms with Gasteiger partial charge in [-0.15, -0.1) is 0 Å². The van der Waals surface area contributed by atoms with E-state index < -0.39 is 9.84 Å². The van der Waals surface area contributed by atoms with Gasteiger partial charge in [-0.1, -0.05) is 22.9 Å². The zero-order valence-electron chi connectivity index (χ0n) is 10.2. The summed E-state index contributed by atoms with van der Waals surface area (Å²) in [5, 5.41) is 3.22. The Bertz CT molecular complexity index is 471. The minimum absolute atomic E-state index is 0.227. The van der Waals surface area contributed by atoms with Crippen molar-refractivity contribution in [1.82, 2.24) is 0 Å². The summed E-state index contributed by atoms with van der Waals surface area (Å²) in [7, 11) is -2.84. The maximum atomic E-state index is 11.3. The molecule has 1 rings (SSSR count). The predicted molar refractivity (Wildman–Crippen MR) is 76.3 cm³/mol. The van der Waals surface area contributed by atoms with Gasteiger partial charge >= 0.3 is 0 Å². The average Bonchev–Trinajstić information content (AvgIpc) is 2.29. The second-order valence-corrected chi connectivity index (χ2v) is 7.31. The summed E-state index contributed by atoms with van der Waals surface area (Å²) in [5.74, 6) is 0.483. The average molecular weight is 320 g/mol. The lowest BCUT2D eigenvalue weighted by molar-refractivity contribution is 0.595. The fourth-order valence-electron chi connectivity index (χ4n) is 1.42. The number of hydrogen-bond acceptors (Lipinski definition) is 3. The summed E-state index contributed by atoms with van der Waals surface area (Å²) in [5.41, 5.74) is 2.19. The minimum atomic E-state index is -2.84. The molecule has 0 atom stereocenters. The first-order valence-corrected chi connectivity index (χ1v) is 8.26. The molecule has 0 heterocycles. The van der Waals surface area contributed by atoms with E-state index in [2.05, 4.69) is 21.2 Å². The Labute approximate surface area is 112 Å². The fraction of sp³-hybridized carbons (Fsp3) is 0.500. The van der Waals surface area contributed by atoms with Gasteiger partial charge in [-0.05, 0) is 37.1 Å². The summed E-state index contributed by atoms with van der Waals surface area (Å²) < 4.78 is 23.6. The molecule has 3 nitrogen and oxygen atoms in total. The standard InChI is InChI=1S/C12H18BrNO2S/c1-3-17(15,16)8-4-7-14-11-5-6-12(13)10(2)9-11/h5-6,9,14H,3-4,7-8H2,1-2H3. The Morgan fingerprint density at radius 2 is 2.06 bits per heavy atom. The maximum absolute atomic E-state index is 11.3. The van der Waals surface area contributed by atoms with Crippen LogP contribution in [0.2, 0.25) is 0 Å². The molecule has 1 N–H and O–H groups in total. The van der Waals surface area contributed by atoms with Crippen LogP contribution in [0.25, 0.3) is 0 Å². The number of anilines is 1. The van der Waals surface area contributed by atoms with Crippen LogP contribution >= 0.6 is 15.9 Å². The second-order valence-electron chi connectivity index (χ2n) is 3.98. The van der Waals surface area contributed by atoms with Crippen molar-refractivity contribution in [2.45, 2.75) is 20.3 Å². The third-order valence-electron chi connectivity index (χ3n) is 2.56. The molecule has 0 unspecified atom stereocenters. The summed E-state index contributed by atoms with van der Waals surface area (Å²) in [6.07, 6.45) is 0.644. The molecule has 0 saturated heterocycles. The maximum Gasteiger partial charge on any atom is 0.150 e. The largest absolute Gasteiger partial charge is 0.385 e. The Kier molecular flexibility index (Phi) is 5.46. The topological polar surface area (TPSA) is 46.2 Å². The Balaban J connectivity index is 2.39. The van der Waals surface area contributed by atoms with Crippen LogP contribution in [0.3, 0.4) is 0 Å². The first kappa shape index (κ1) is 14.5. The highest BCUT2D eigenvalue weighted by molar-refractivity contribution is 9.10. The number of hydrogen-bond donors (Lipinski definition) is 1. The SMILES string of the molecule is CCS(=O)(=O)CCCNc1ccc(Br)c(C)c1. The lowest BCUT2D eigenvalue weighted by atomic mass is 10.2. The van der Waals surface area contributed by atoms with Gasteiger partial charge in [0, 0.05) is 22.5 Å². The van der Waals surface area contributed by atoms with Gasteiger partial charge in [-0.2, -0.15) is 0 Å². The highest BCUT2D eigenvalue weighted by Gasteiger charge is 2.06. The number of sulfone groups is 1. The van der Waals surface area contributed by atoms with E-state index in [1.54, 1.807) is 6.92 Å². The fourth-order valence-corrected chi connectivity index (χ4v) is 2.54. The van der Waals surface area contributed by atoms with Crippen LogP contribution in [0.4, 0.5) is 5.69 Å². The number of benzene rings is 1. The van der Waals surface area contributed by atoms with Crippen molar-refractivity contribution in [3.05, 3.63) is 28.2 Å². The molecule has 17 heavy (non-hydrogen) atoms. The normalized spacial score (nSPS) is 11.5. The zero-order valence-corrected chi connectivity index (χ0v) is 12.6. The molecule has 96 valence electrons. The smallest absolute Gasteiger partial charge is 0.150 e. The number of nitrogens with one attached hydrogen (secondary N) is 1. The van der Waals surface area contributed by atoms with Crippen molar-refractivity contribution in [3.8, 4) is 0 Å². The van der Waals surface area contributed by atoms with Crippen LogP contribution in [0.5, 0.6) is 0 Å². The molecular weight excluding hydrogens is 302 g/mol. The zero-order chi connectivity index (χ0) is 12.9. The molecule has 0 bridgehead atoms. The Hall–Kier alpha value is -0.550. The number of aryl methyl sites for hydroxylation is 1. The number of rotatable bonds is 6. The van der Waals surface area contributed by atoms with Gasteiger partial charge in [0.25, 0.3) is 0 Å². The molecular formula is C12H18BrNO2S. The van der Waals surface area contributed by atoms with Gasteiger partial charge in [0.05, 0.1) is 5.75 Å². The van der Waals surface area contributed by atoms with E-state index in [4.69, 9.17) is 0 Å². The molecule has 1 aromatic rings. The van der Waals surface area contributed by atoms with Crippen molar-refractivity contribution < 1.29 is 8.42 Å². The Morgan fingerprint density at radius 3 is 2.65 bits per heavy atom. The number of halogens is 1. The lowest BCUT2D eigenvalue weighted by Crippen LogP contribution is -2.12. The lowest BCUT2D eigenvalue weighted by Gasteiger charge is -2.08. The first-order valence-electron chi connectivity index (χ1n) is 5.65. The van der Waals surface area contributed by atoms with E-state index >= 15 is 0 Å². The quantitative estimate of drug-likeness (QED) is 0.820. The van der Waals surface area contributed by atoms with Crippen molar-refractivity contribution in [2.24, 2.45) is 0 Å². The second kappa shape index (κ2) is 6.40. The van der Waals surface area contributed by atoms with Crippen molar-refractivity contribution in [3.63, 3.8) is 0 Å². The molecule has 1 aromatic carbocycles. The van der Waals surface area contributed by atoms with E-state index in [0.717, 1.165) is 15.7 Å². The summed E-state index contributed by atoms with van der Waals surface area (Å²) in [6.45, 7) is 4.39. The van der Waals surface area contributed by atoms with Crippen LogP contribution in [-0.4, -0.2) is 26.5 Å². The van der Waals surface area contributed by atoms with Crippen LogP contribution in [0, 0.1) is 6.92 Å². The molecule has 0 fully saturated rings. The van der Waals surface area contributed by atoms with Crippen LogP contribution < -0.4 is 5.32 Å². The molecule has 0 aliphatic heterocycles. The summed E-state index contributed by atoms with van der Waals surface area (Å²) >= 11 is 3.44. The van der Waals surface area contributed by atoms with E-state index in [1.165, 1.54) is 0 Å². The molecule has 0 aliphatic carbocycles. The van der Waals surface area contributed by atoms with Gasteiger partial charge in [0.2, 0.25) is 0 Å². The van der Waals surface area contributed by atoms with Crippen molar-refractivity contribution in [1.29, 1.82) is 0 Å². The Morgan fingerprint density at radius 1 is 1.35 bits per heavy atom. The molecule has 0 aromatic heterocycles. The first-order chi connectivity index (χ1) is 7.94. The van der Waals surface area contributed by atoms with Gasteiger partial charge in [0.15, 0.2) is 0 Å². The third kappa shape index (κ3) is 5.08. The molecule has 0 aliphatic rings. The predicted octanol–water partition coefficient (Wildman–Crippen LogP) is 2.99.